The number of ether oxygens (including phenoxy) is 2. The Balaban J connectivity index is 1.11. The summed E-state index contributed by atoms with van der Waals surface area (Å²) in [5, 5.41) is 6.71. The fraction of sp³-hybridized carbons (Fsp3) is 0.333. The first-order valence-electron chi connectivity index (χ1n) is 13.1. The van der Waals surface area contributed by atoms with E-state index in [1.54, 1.807) is 7.11 Å². The van der Waals surface area contributed by atoms with Crippen LogP contribution >= 0.6 is 23.1 Å². The summed E-state index contributed by atoms with van der Waals surface area (Å²) in [5.74, 6) is 3.04. The van der Waals surface area contributed by atoms with Gasteiger partial charge in [-0.1, -0.05) is 47.7 Å². The van der Waals surface area contributed by atoms with Crippen molar-refractivity contribution < 1.29 is 14.3 Å². The molecule has 8 heteroatoms. The van der Waals surface area contributed by atoms with Crippen LogP contribution in [0.2, 0.25) is 0 Å². The van der Waals surface area contributed by atoms with Crippen molar-refractivity contribution in [2.45, 2.75) is 35.5 Å². The van der Waals surface area contributed by atoms with Crippen molar-refractivity contribution in [2.24, 2.45) is 17.8 Å². The summed E-state index contributed by atoms with van der Waals surface area (Å²) in [6, 6.07) is 19.9. The Labute approximate surface area is 228 Å². The Morgan fingerprint density at radius 1 is 1.03 bits per heavy atom. The summed E-state index contributed by atoms with van der Waals surface area (Å²) >= 11 is 3.24. The fourth-order valence-corrected chi connectivity index (χ4v) is 9.72. The number of H-pyrrole nitrogens is 1. The zero-order valence-electron chi connectivity index (χ0n) is 20.9. The van der Waals surface area contributed by atoms with Crippen molar-refractivity contribution in [1.29, 1.82) is 0 Å². The first-order chi connectivity index (χ1) is 18.6. The van der Waals surface area contributed by atoms with Crippen LogP contribution in [0.1, 0.15) is 35.6 Å². The molecule has 0 radical (unpaired) electrons. The Morgan fingerprint density at radius 2 is 1.87 bits per heavy atom. The van der Waals surface area contributed by atoms with Gasteiger partial charge < -0.3 is 19.8 Å². The molecule has 4 aromatic rings. The number of amides is 1. The van der Waals surface area contributed by atoms with Gasteiger partial charge in [0.1, 0.15) is 0 Å². The molecule has 1 amide bonds. The van der Waals surface area contributed by atoms with E-state index < -0.39 is 0 Å². The first kappa shape index (κ1) is 23.9. The molecule has 2 heterocycles. The van der Waals surface area contributed by atoms with Crippen LogP contribution in [0.3, 0.4) is 0 Å². The summed E-state index contributed by atoms with van der Waals surface area (Å²) in [6.45, 7) is -0.124. The summed E-state index contributed by atoms with van der Waals surface area (Å²) in [5.41, 5.74) is 1.88. The maximum atomic E-state index is 12.7. The predicted molar refractivity (Wildman–Crippen MR) is 152 cm³/mol. The monoisotopic (exact) mass is 544 g/mol. The quantitative estimate of drug-likeness (QED) is 0.299. The highest BCUT2D eigenvalue weighted by Gasteiger charge is 2.54. The summed E-state index contributed by atoms with van der Waals surface area (Å²) in [7, 11) is 1.62. The second-order valence-corrected chi connectivity index (χ2v) is 12.7. The molecule has 4 unspecified atom stereocenters. The van der Waals surface area contributed by atoms with E-state index in [0.717, 1.165) is 37.8 Å². The van der Waals surface area contributed by atoms with E-state index >= 15 is 0 Å². The highest BCUT2D eigenvalue weighted by molar-refractivity contribution is 8.00. The highest BCUT2D eigenvalue weighted by atomic mass is 32.2. The van der Waals surface area contributed by atoms with Gasteiger partial charge in [0.05, 0.1) is 12.1 Å². The van der Waals surface area contributed by atoms with Gasteiger partial charge >= 0.3 is 4.87 Å². The second kappa shape index (κ2) is 9.50. The molecule has 3 aliphatic rings. The lowest BCUT2D eigenvalue weighted by Crippen LogP contribution is -2.33. The molecule has 1 aromatic heterocycles. The average molecular weight is 545 g/mol. The van der Waals surface area contributed by atoms with E-state index in [1.807, 2.05) is 66.4 Å². The number of rotatable bonds is 6. The van der Waals surface area contributed by atoms with Crippen molar-refractivity contribution in [3.63, 3.8) is 0 Å². The molecule has 194 valence electrons. The van der Waals surface area contributed by atoms with E-state index in [4.69, 9.17) is 9.47 Å². The van der Waals surface area contributed by atoms with Crippen LogP contribution in [-0.4, -0.2) is 29.9 Å². The molecule has 7 rings (SSSR count). The molecule has 0 spiro atoms. The zero-order valence-corrected chi connectivity index (χ0v) is 22.6. The number of thioether (sulfide) groups is 1. The summed E-state index contributed by atoms with van der Waals surface area (Å²) in [6.07, 6.45) is 3.87. The third kappa shape index (κ3) is 4.10. The van der Waals surface area contributed by atoms with Crippen molar-refractivity contribution in [1.82, 2.24) is 4.98 Å². The molecule has 0 saturated heterocycles. The largest absolute Gasteiger partial charge is 0.493 e. The smallest absolute Gasteiger partial charge is 0.305 e. The van der Waals surface area contributed by atoms with Crippen molar-refractivity contribution in [3.8, 4) is 11.5 Å². The number of fused-ring (bicyclic) bond motifs is 7. The van der Waals surface area contributed by atoms with Crippen LogP contribution in [0.5, 0.6) is 11.5 Å². The topological polar surface area (TPSA) is 80.4 Å². The van der Waals surface area contributed by atoms with Crippen LogP contribution < -0.4 is 19.7 Å². The molecule has 2 saturated carbocycles. The van der Waals surface area contributed by atoms with Crippen molar-refractivity contribution >= 4 is 45.5 Å². The maximum Gasteiger partial charge on any atom is 0.305 e. The highest BCUT2D eigenvalue weighted by Crippen LogP contribution is 2.63. The van der Waals surface area contributed by atoms with Crippen LogP contribution in [0.15, 0.2) is 70.5 Å². The minimum absolute atomic E-state index is 0.0177. The number of hydrogen-bond donors (Lipinski definition) is 2. The van der Waals surface area contributed by atoms with E-state index in [-0.39, 0.29) is 23.3 Å². The number of hydrogen-bond acceptors (Lipinski definition) is 6. The SMILES string of the molecule is COc1cc([C@H]2c3sc(=O)[nH]c3SC3C4CCC(C4)C32)ccc1OCC(=O)Nc1ccc2ccccc2c1. The van der Waals surface area contributed by atoms with Crippen LogP contribution in [0.4, 0.5) is 5.69 Å². The second-order valence-electron chi connectivity index (χ2n) is 10.5. The standard InChI is InChI=1S/C30H28N2O4S2/c1-35-23-14-19(26-25-18-6-7-20(12-18)27(25)37-29-28(26)38-30(34)32-29)9-11-22(23)36-15-24(33)31-21-10-8-16-4-2-3-5-17(16)13-21/h2-5,8-11,13-14,18,20,25-27H,6-7,12,15H2,1H3,(H,31,33)(H,32,34)/t18?,20?,25?,26-,27?/m1/s1. The molecular formula is C30H28N2O4S2. The lowest BCUT2D eigenvalue weighted by Gasteiger charge is -2.40. The van der Waals surface area contributed by atoms with Gasteiger partial charge in [0.15, 0.2) is 18.1 Å². The maximum absolute atomic E-state index is 12.7. The van der Waals surface area contributed by atoms with Gasteiger partial charge in [-0.15, -0.1) is 11.8 Å². The number of carbonyl (C=O) groups excluding carboxylic acids is 1. The van der Waals surface area contributed by atoms with Gasteiger partial charge in [0.25, 0.3) is 5.91 Å². The minimum Gasteiger partial charge on any atom is -0.493 e. The summed E-state index contributed by atoms with van der Waals surface area (Å²) < 4.78 is 11.6. The lowest BCUT2D eigenvalue weighted by molar-refractivity contribution is -0.118. The zero-order chi connectivity index (χ0) is 25.8. The van der Waals surface area contributed by atoms with E-state index in [9.17, 15) is 9.59 Å². The Bertz CT molecular complexity index is 1590. The molecule has 3 aromatic carbocycles. The normalized spacial score (nSPS) is 25.1. The molecule has 2 fully saturated rings. The molecule has 38 heavy (non-hydrogen) atoms. The number of aromatic nitrogens is 1. The van der Waals surface area contributed by atoms with Gasteiger partial charge in [-0.05, 0) is 77.6 Å². The number of methoxy groups -OCH3 is 1. The first-order valence-corrected chi connectivity index (χ1v) is 14.8. The molecule has 5 atom stereocenters. The summed E-state index contributed by atoms with van der Waals surface area (Å²) in [4.78, 5) is 29.2. The number of aromatic amines is 1. The van der Waals surface area contributed by atoms with Crippen molar-refractivity contribution in [2.75, 3.05) is 19.0 Å². The third-order valence-corrected chi connectivity index (χ3v) is 11.0. The third-order valence-electron chi connectivity index (χ3n) is 8.40. The number of nitrogens with one attached hydrogen (secondary N) is 2. The molecule has 2 bridgehead atoms. The predicted octanol–water partition coefficient (Wildman–Crippen LogP) is 6.27. The van der Waals surface area contributed by atoms with Crippen molar-refractivity contribution in [3.05, 3.63) is 80.8 Å². The fourth-order valence-electron chi connectivity index (χ4n) is 6.83. The van der Waals surface area contributed by atoms with E-state index in [0.29, 0.717) is 28.6 Å². The molecule has 2 N–H and O–H groups in total. The number of anilines is 1. The molecule has 6 nitrogen and oxygen atoms in total. The van der Waals surface area contributed by atoms with E-state index in [2.05, 4.69) is 16.4 Å². The van der Waals surface area contributed by atoms with Gasteiger partial charge in [0, 0.05) is 21.7 Å². The van der Waals surface area contributed by atoms with Gasteiger partial charge in [0.2, 0.25) is 0 Å². The number of carbonyl (C=O) groups is 1. The molecule has 1 aliphatic heterocycles. The Hall–Kier alpha value is -3.23. The van der Waals surface area contributed by atoms with Gasteiger partial charge in [-0.25, -0.2) is 0 Å². The Morgan fingerprint density at radius 3 is 2.74 bits per heavy atom. The number of benzene rings is 3. The van der Waals surface area contributed by atoms with Gasteiger partial charge in [-0.3, -0.25) is 9.59 Å². The average Bonchev–Trinajstić information content (AvgIpc) is 3.65. The van der Waals surface area contributed by atoms with Gasteiger partial charge in [-0.2, -0.15) is 0 Å². The number of thiazole rings is 1. The molecule has 2 aliphatic carbocycles. The molecular weight excluding hydrogens is 516 g/mol. The minimum atomic E-state index is -0.234. The lowest BCUT2D eigenvalue weighted by atomic mass is 9.75. The Kier molecular flexibility index (Phi) is 5.97. The van der Waals surface area contributed by atoms with Crippen LogP contribution in [0.25, 0.3) is 10.8 Å². The van der Waals surface area contributed by atoms with E-state index in [1.165, 1.54) is 30.6 Å². The van der Waals surface area contributed by atoms with Crippen LogP contribution in [0, 0.1) is 17.8 Å². The van der Waals surface area contributed by atoms with Crippen LogP contribution in [-0.2, 0) is 4.79 Å².